The number of aliphatic hydroxyl groups is 2. The van der Waals surface area contributed by atoms with E-state index >= 15 is 0 Å². The number of fused-ring (bicyclic) bond motifs is 5. The molecule has 0 bridgehead atoms. The molecular formula is C31H53NO6S. The summed E-state index contributed by atoms with van der Waals surface area (Å²) in [6.07, 6.45) is 10.7. The van der Waals surface area contributed by atoms with E-state index in [2.05, 4.69) is 32.4 Å². The molecule has 5 aliphatic rings. The molecule has 0 spiro atoms. The zero-order chi connectivity index (χ0) is 28.2. The Bertz CT molecular complexity index is 997. The van der Waals surface area contributed by atoms with E-state index in [1.165, 1.54) is 0 Å². The minimum absolute atomic E-state index is 0.0746. The fourth-order valence-electron chi connectivity index (χ4n) is 10.9. The summed E-state index contributed by atoms with van der Waals surface area (Å²) in [7, 11) is -3.70. The van der Waals surface area contributed by atoms with Crippen LogP contribution in [0.1, 0.15) is 111 Å². The molecule has 3 N–H and O–H groups in total. The first-order chi connectivity index (χ1) is 18.4. The van der Waals surface area contributed by atoms with Gasteiger partial charge in [-0.3, -0.25) is 0 Å². The lowest BCUT2D eigenvalue weighted by molar-refractivity contribution is -0.203. The van der Waals surface area contributed by atoms with Crippen LogP contribution in [0.25, 0.3) is 0 Å². The number of carbonyl (C=O) groups excluding carboxylic acids is 1. The summed E-state index contributed by atoms with van der Waals surface area (Å²) < 4.78 is 33.0. The molecule has 0 radical (unpaired) electrons. The Hall–Kier alpha value is -0.860. The largest absolute Gasteiger partial charge is 0.449 e. The van der Waals surface area contributed by atoms with Crippen molar-refractivity contribution in [1.29, 1.82) is 0 Å². The number of amides is 1. The van der Waals surface area contributed by atoms with Gasteiger partial charge in [-0.15, -0.1) is 0 Å². The molecular weight excluding hydrogens is 514 g/mol. The van der Waals surface area contributed by atoms with E-state index in [4.69, 9.17) is 4.74 Å². The highest BCUT2D eigenvalue weighted by Gasteiger charge is 2.64. The van der Waals surface area contributed by atoms with Crippen molar-refractivity contribution >= 4 is 16.1 Å². The van der Waals surface area contributed by atoms with E-state index in [0.717, 1.165) is 70.6 Å². The number of aliphatic hydroxyl groups excluding tert-OH is 2. The highest BCUT2D eigenvalue weighted by Crippen LogP contribution is 2.69. The zero-order valence-corrected chi connectivity index (χ0v) is 25.4. The Balaban J connectivity index is 1.25. The molecule has 1 amide bonds. The predicted octanol–water partition coefficient (Wildman–Crippen LogP) is 5.64. The van der Waals surface area contributed by atoms with E-state index in [1.54, 1.807) is 0 Å². The topological polar surface area (TPSA) is 113 Å². The number of carbonyl (C=O) groups is 1. The maximum Gasteiger partial charge on any atom is 0.420 e. The second-order valence-electron chi connectivity index (χ2n) is 14.6. The van der Waals surface area contributed by atoms with E-state index in [1.807, 2.05) is 0 Å². The van der Waals surface area contributed by atoms with Gasteiger partial charge in [0, 0.05) is 0 Å². The molecule has 39 heavy (non-hydrogen) atoms. The Labute approximate surface area is 236 Å². The van der Waals surface area contributed by atoms with Crippen molar-refractivity contribution in [3.05, 3.63) is 0 Å². The molecule has 224 valence electrons. The lowest BCUT2D eigenvalue weighted by atomic mass is 9.41. The minimum Gasteiger partial charge on any atom is -0.449 e. The lowest BCUT2D eigenvalue weighted by Crippen LogP contribution is -2.62. The third-order valence-electron chi connectivity index (χ3n) is 12.8. The van der Waals surface area contributed by atoms with Gasteiger partial charge in [-0.05, 0) is 110 Å². The summed E-state index contributed by atoms with van der Waals surface area (Å²) >= 11 is 0. The van der Waals surface area contributed by atoms with Gasteiger partial charge in [-0.1, -0.05) is 53.4 Å². The summed E-state index contributed by atoms with van der Waals surface area (Å²) in [5.74, 6) is 2.34. The second kappa shape index (κ2) is 11.1. The normalized spacial score (nSPS) is 45.5. The van der Waals surface area contributed by atoms with Crippen LogP contribution in [-0.2, 0) is 14.8 Å². The SMILES string of the molecule is CC[C@H]1[C@@H](O)[C@@H]2[C@H](CC[C@]3(C)[C@@H]([C@H](C)COC(=O)NS(=O)(=O)C4CCCCC4)CC[C@@H]23)[C@@]2(C)CC[C@@H](O)C[C@@H]12. The second-order valence-corrected chi connectivity index (χ2v) is 16.6. The van der Waals surface area contributed by atoms with Gasteiger partial charge in [0.15, 0.2) is 0 Å². The number of rotatable bonds is 6. The standard InChI is InChI=1S/C31H53NO6S/c1-5-22-26-17-20(33)13-15-31(26,4)25-14-16-30(3)23(11-12-24(30)27(25)28(22)34)19(2)18-38-29(35)32-39(36,37)21-9-7-6-8-10-21/h19-28,33-34H,5-18H2,1-4H3,(H,32,35)/t19-,20-,22-,23-,24+,25+,26+,27+,28-,30-,31-/m1/s1. The Kier molecular flexibility index (Phi) is 8.42. The molecule has 0 aromatic heterocycles. The number of sulfonamides is 1. The number of hydrogen-bond acceptors (Lipinski definition) is 6. The maximum absolute atomic E-state index is 12.6. The number of hydrogen-bond donors (Lipinski definition) is 3. The van der Waals surface area contributed by atoms with Gasteiger partial charge >= 0.3 is 6.09 Å². The van der Waals surface area contributed by atoms with Crippen molar-refractivity contribution in [3.63, 3.8) is 0 Å². The van der Waals surface area contributed by atoms with Gasteiger partial charge in [0.2, 0.25) is 10.0 Å². The third kappa shape index (κ3) is 5.17. The van der Waals surface area contributed by atoms with Crippen LogP contribution in [0, 0.1) is 52.3 Å². The summed E-state index contributed by atoms with van der Waals surface area (Å²) in [5.41, 5.74) is 0.255. The third-order valence-corrected chi connectivity index (χ3v) is 14.6. The highest BCUT2D eigenvalue weighted by atomic mass is 32.2. The van der Waals surface area contributed by atoms with Crippen LogP contribution >= 0.6 is 0 Å². The monoisotopic (exact) mass is 567 g/mol. The van der Waals surface area contributed by atoms with E-state index in [0.29, 0.717) is 36.5 Å². The number of nitrogens with one attached hydrogen (secondary N) is 1. The lowest BCUT2D eigenvalue weighted by Gasteiger charge is -2.64. The van der Waals surface area contributed by atoms with Crippen LogP contribution in [-0.4, -0.2) is 48.8 Å². The molecule has 11 atom stereocenters. The molecule has 0 aromatic rings. The van der Waals surface area contributed by atoms with Crippen molar-refractivity contribution < 1.29 is 28.2 Å². The van der Waals surface area contributed by atoms with E-state index in [-0.39, 0.29) is 47.4 Å². The average Bonchev–Trinajstić information content (AvgIpc) is 3.26. The molecule has 5 fully saturated rings. The summed E-state index contributed by atoms with van der Waals surface area (Å²) in [4.78, 5) is 12.5. The van der Waals surface area contributed by atoms with Crippen LogP contribution < -0.4 is 4.72 Å². The van der Waals surface area contributed by atoms with Crippen LogP contribution in [0.3, 0.4) is 0 Å². The summed E-state index contributed by atoms with van der Waals surface area (Å²) in [6, 6.07) is 0. The van der Waals surface area contributed by atoms with Crippen molar-refractivity contribution in [2.75, 3.05) is 6.61 Å². The van der Waals surface area contributed by atoms with Gasteiger partial charge in [-0.2, -0.15) is 0 Å². The molecule has 0 saturated heterocycles. The summed E-state index contributed by atoms with van der Waals surface area (Å²) in [5, 5.41) is 21.9. The molecule has 7 nitrogen and oxygen atoms in total. The van der Waals surface area contributed by atoms with Crippen molar-refractivity contribution in [2.45, 2.75) is 129 Å². The molecule has 0 aromatic carbocycles. The molecule has 8 heteroatoms. The van der Waals surface area contributed by atoms with Gasteiger partial charge in [0.1, 0.15) is 0 Å². The van der Waals surface area contributed by atoms with Crippen molar-refractivity contribution in [3.8, 4) is 0 Å². The first kappa shape index (κ1) is 29.6. The fourth-order valence-corrected chi connectivity index (χ4v) is 12.3. The molecule has 5 aliphatic carbocycles. The van der Waals surface area contributed by atoms with Gasteiger partial charge in [0.05, 0.1) is 24.1 Å². The quantitative estimate of drug-likeness (QED) is 0.383. The number of ether oxygens (including phenoxy) is 1. The zero-order valence-electron chi connectivity index (χ0n) is 24.6. The Morgan fingerprint density at radius 2 is 1.62 bits per heavy atom. The molecule has 0 heterocycles. The molecule has 0 unspecified atom stereocenters. The van der Waals surface area contributed by atoms with Crippen molar-refractivity contribution in [2.24, 2.45) is 52.3 Å². The molecule has 0 aliphatic heterocycles. The molecule has 5 saturated carbocycles. The van der Waals surface area contributed by atoms with Crippen molar-refractivity contribution in [1.82, 2.24) is 4.72 Å². The first-order valence-corrected chi connectivity index (χ1v) is 17.5. The first-order valence-electron chi connectivity index (χ1n) is 16.0. The van der Waals surface area contributed by atoms with Gasteiger partial charge in [0.25, 0.3) is 0 Å². The fraction of sp³-hybridized carbons (Fsp3) is 0.968. The Morgan fingerprint density at radius 1 is 0.949 bits per heavy atom. The smallest absolute Gasteiger partial charge is 0.420 e. The minimum atomic E-state index is -3.70. The van der Waals surface area contributed by atoms with E-state index < -0.39 is 21.4 Å². The summed E-state index contributed by atoms with van der Waals surface area (Å²) in [6.45, 7) is 9.42. The average molecular weight is 568 g/mol. The predicted molar refractivity (Wildman–Crippen MR) is 151 cm³/mol. The Morgan fingerprint density at radius 3 is 2.31 bits per heavy atom. The van der Waals surface area contributed by atoms with E-state index in [9.17, 15) is 23.4 Å². The van der Waals surface area contributed by atoms with Gasteiger partial charge in [-0.25, -0.2) is 17.9 Å². The van der Waals surface area contributed by atoms with Gasteiger partial charge < -0.3 is 14.9 Å². The van der Waals surface area contributed by atoms with Crippen LogP contribution in [0.5, 0.6) is 0 Å². The maximum atomic E-state index is 12.6. The van der Waals surface area contributed by atoms with Crippen LogP contribution in [0.2, 0.25) is 0 Å². The van der Waals surface area contributed by atoms with Crippen LogP contribution in [0.15, 0.2) is 0 Å². The molecule has 5 rings (SSSR count). The van der Waals surface area contributed by atoms with Crippen LogP contribution in [0.4, 0.5) is 4.79 Å². The highest BCUT2D eigenvalue weighted by molar-refractivity contribution is 7.90.